The monoisotopic (exact) mass is 455 g/mol. The lowest BCUT2D eigenvalue weighted by Crippen LogP contribution is -2.28. The Morgan fingerprint density at radius 3 is 2.28 bits per heavy atom. The number of nitrogens with zero attached hydrogens (tertiary/aromatic N) is 2. The zero-order chi connectivity index (χ0) is 24.0. The van der Waals surface area contributed by atoms with Crippen molar-refractivity contribution in [1.82, 2.24) is 9.55 Å². The Bertz CT molecular complexity index is 1300. The quantitative estimate of drug-likeness (QED) is 0.357. The van der Waals surface area contributed by atoms with Gasteiger partial charge in [-0.05, 0) is 33.8 Å². The minimum atomic E-state index is -1.96. The summed E-state index contributed by atoms with van der Waals surface area (Å²) in [4.78, 5) is 28.7. The van der Waals surface area contributed by atoms with Gasteiger partial charge in [0.15, 0.2) is 46.2 Å². The van der Waals surface area contributed by atoms with Crippen molar-refractivity contribution < 1.29 is 31.5 Å². The molecule has 0 bridgehead atoms. The molecule has 1 aromatic carbocycles. The van der Waals surface area contributed by atoms with E-state index in [-0.39, 0.29) is 6.61 Å². The smallest absolute Gasteiger partial charge is 0.355 e. The van der Waals surface area contributed by atoms with Crippen LogP contribution in [-0.2, 0) is 4.74 Å². The first-order chi connectivity index (χ1) is 14.9. The SMILES string of the molecule is CCOC(=O)c1cc(=O)c2cc(F)c(F)c(F)c2n1-c1nc(NC(C)(C)C)c(F)cc1F. The molecular weight excluding hydrogens is 437 g/mol. The van der Waals surface area contributed by atoms with Crippen LogP contribution in [-0.4, -0.2) is 27.7 Å². The van der Waals surface area contributed by atoms with Gasteiger partial charge >= 0.3 is 5.97 Å². The minimum Gasteiger partial charge on any atom is -0.461 e. The molecule has 2 aromatic heterocycles. The van der Waals surface area contributed by atoms with E-state index in [1.165, 1.54) is 6.92 Å². The van der Waals surface area contributed by atoms with Crippen molar-refractivity contribution in [3.05, 3.63) is 63.2 Å². The molecule has 0 saturated carbocycles. The second-order valence-electron chi connectivity index (χ2n) is 7.83. The number of esters is 1. The summed E-state index contributed by atoms with van der Waals surface area (Å²) in [6.45, 7) is 6.26. The van der Waals surface area contributed by atoms with Crippen molar-refractivity contribution in [3.63, 3.8) is 0 Å². The highest BCUT2D eigenvalue weighted by molar-refractivity contribution is 5.93. The van der Waals surface area contributed by atoms with Crippen molar-refractivity contribution in [1.29, 1.82) is 0 Å². The van der Waals surface area contributed by atoms with E-state index in [0.717, 1.165) is 0 Å². The largest absolute Gasteiger partial charge is 0.461 e. The first-order valence-corrected chi connectivity index (χ1v) is 9.40. The summed E-state index contributed by atoms with van der Waals surface area (Å²) < 4.78 is 77.2. The normalized spacial score (nSPS) is 11.7. The number of fused-ring (bicyclic) bond motifs is 1. The van der Waals surface area contributed by atoms with Crippen LogP contribution in [0.1, 0.15) is 38.2 Å². The van der Waals surface area contributed by atoms with Crippen LogP contribution in [0.3, 0.4) is 0 Å². The number of rotatable bonds is 4. The second kappa shape index (κ2) is 8.21. The van der Waals surface area contributed by atoms with E-state index in [1.54, 1.807) is 20.8 Å². The van der Waals surface area contributed by atoms with Gasteiger partial charge in [-0.25, -0.2) is 31.7 Å². The van der Waals surface area contributed by atoms with Crippen molar-refractivity contribution in [2.24, 2.45) is 0 Å². The van der Waals surface area contributed by atoms with Gasteiger partial charge in [0.1, 0.15) is 5.69 Å². The number of carbonyl (C=O) groups excluding carboxylic acids is 1. The maximum Gasteiger partial charge on any atom is 0.355 e. The molecule has 0 aliphatic heterocycles. The number of halogens is 5. The molecule has 32 heavy (non-hydrogen) atoms. The molecule has 1 N–H and O–H groups in total. The maximum absolute atomic E-state index is 14.8. The molecule has 0 saturated heterocycles. The van der Waals surface area contributed by atoms with Crippen LogP contribution in [0.2, 0.25) is 0 Å². The third kappa shape index (κ3) is 4.14. The van der Waals surface area contributed by atoms with Gasteiger partial charge in [-0.1, -0.05) is 0 Å². The fourth-order valence-corrected chi connectivity index (χ4v) is 3.01. The molecule has 0 amide bonds. The van der Waals surface area contributed by atoms with Crippen LogP contribution < -0.4 is 10.7 Å². The Hall–Kier alpha value is -3.50. The molecule has 0 unspecified atom stereocenters. The molecule has 3 aromatic rings. The second-order valence-corrected chi connectivity index (χ2v) is 7.83. The highest BCUT2D eigenvalue weighted by atomic mass is 19.2. The van der Waals surface area contributed by atoms with E-state index in [2.05, 4.69) is 10.3 Å². The maximum atomic E-state index is 14.8. The number of benzene rings is 1. The van der Waals surface area contributed by atoms with Crippen LogP contribution in [0.15, 0.2) is 23.0 Å². The number of nitrogens with one attached hydrogen (secondary N) is 1. The molecule has 11 heteroatoms. The molecule has 6 nitrogen and oxygen atoms in total. The molecule has 0 spiro atoms. The molecule has 0 aliphatic rings. The van der Waals surface area contributed by atoms with Crippen LogP contribution in [0.5, 0.6) is 0 Å². The van der Waals surface area contributed by atoms with Gasteiger partial charge in [-0.15, -0.1) is 0 Å². The Morgan fingerprint density at radius 2 is 1.69 bits per heavy atom. The van der Waals surface area contributed by atoms with Gasteiger partial charge in [-0.2, -0.15) is 0 Å². The van der Waals surface area contributed by atoms with E-state index < -0.39 is 74.3 Å². The van der Waals surface area contributed by atoms with Crippen LogP contribution in [0.4, 0.5) is 27.8 Å². The van der Waals surface area contributed by atoms with Crippen molar-refractivity contribution in [2.45, 2.75) is 33.2 Å². The molecule has 0 aliphatic carbocycles. The Labute approximate surface area is 178 Å². The Kier molecular flexibility index (Phi) is 5.94. The summed E-state index contributed by atoms with van der Waals surface area (Å²) in [5.41, 5.74) is -3.46. The number of hydrogen-bond donors (Lipinski definition) is 1. The summed E-state index contributed by atoms with van der Waals surface area (Å²) in [5, 5.41) is 1.99. The molecule has 0 fully saturated rings. The molecule has 3 rings (SSSR count). The van der Waals surface area contributed by atoms with Crippen LogP contribution in [0.25, 0.3) is 16.7 Å². The van der Waals surface area contributed by atoms with Gasteiger partial charge < -0.3 is 10.1 Å². The summed E-state index contributed by atoms with van der Waals surface area (Å²) in [6.07, 6.45) is 0. The fourth-order valence-electron chi connectivity index (χ4n) is 3.01. The summed E-state index contributed by atoms with van der Waals surface area (Å²) in [6, 6.07) is 1.49. The van der Waals surface area contributed by atoms with Crippen molar-refractivity contribution in [3.8, 4) is 5.82 Å². The van der Waals surface area contributed by atoms with E-state index in [0.29, 0.717) is 22.8 Å². The van der Waals surface area contributed by atoms with Crippen LogP contribution in [0, 0.1) is 29.1 Å². The molecular formula is C21H18F5N3O3. The average Bonchev–Trinajstić information content (AvgIpc) is 2.68. The number of hydrogen-bond acceptors (Lipinski definition) is 5. The predicted octanol–water partition coefficient (Wildman–Crippen LogP) is 4.47. The lowest BCUT2D eigenvalue weighted by Gasteiger charge is -2.23. The van der Waals surface area contributed by atoms with Gasteiger partial charge in [0, 0.05) is 17.7 Å². The third-order valence-electron chi connectivity index (χ3n) is 4.24. The van der Waals surface area contributed by atoms with Gasteiger partial charge in [-0.3, -0.25) is 9.36 Å². The van der Waals surface area contributed by atoms with E-state index in [9.17, 15) is 31.5 Å². The van der Waals surface area contributed by atoms with E-state index >= 15 is 0 Å². The number of aromatic nitrogens is 2. The third-order valence-corrected chi connectivity index (χ3v) is 4.24. The molecule has 0 atom stereocenters. The number of carbonyl (C=O) groups is 1. The number of pyridine rings is 2. The Balaban J connectivity index is 2.51. The van der Waals surface area contributed by atoms with Crippen LogP contribution >= 0.6 is 0 Å². The zero-order valence-electron chi connectivity index (χ0n) is 17.4. The lowest BCUT2D eigenvalue weighted by atomic mass is 10.1. The average molecular weight is 455 g/mol. The summed E-state index contributed by atoms with van der Waals surface area (Å²) in [5.74, 6) is -10.4. The first kappa shape index (κ1) is 23.2. The summed E-state index contributed by atoms with van der Waals surface area (Å²) >= 11 is 0. The molecule has 0 radical (unpaired) electrons. The van der Waals surface area contributed by atoms with Gasteiger partial charge in [0.25, 0.3) is 0 Å². The highest BCUT2D eigenvalue weighted by Gasteiger charge is 2.27. The lowest BCUT2D eigenvalue weighted by molar-refractivity contribution is 0.0516. The molecule has 170 valence electrons. The topological polar surface area (TPSA) is 73.2 Å². The van der Waals surface area contributed by atoms with Crippen molar-refractivity contribution in [2.75, 3.05) is 11.9 Å². The van der Waals surface area contributed by atoms with Gasteiger partial charge in [0.05, 0.1) is 17.5 Å². The van der Waals surface area contributed by atoms with E-state index in [4.69, 9.17) is 4.74 Å². The van der Waals surface area contributed by atoms with E-state index in [1.807, 2.05) is 0 Å². The van der Waals surface area contributed by atoms with Gasteiger partial charge in [0.2, 0.25) is 0 Å². The number of anilines is 1. The first-order valence-electron chi connectivity index (χ1n) is 9.40. The number of ether oxygens (including phenoxy) is 1. The predicted molar refractivity (Wildman–Crippen MR) is 106 cm³/mol. The highest BCUT2D eigenvalue weighted by Crippen LogP contribution is 2.28. The standard InChI is InChI=1S/C21H18F5N3O3/c1-5-32-20(31)13-8-14(30)9-6-10(22)15(25)16(26)17(9)29(13)19-12(24)7-11(23)18(27-19)28-21(2,3)4/h6-8H,5H2,1-4H3,(H,27,28). The molecule has 2 heterocycles. The van der Waals surface area contributed by atoms with Crippen molar-refractivity contribution >= 4 is 22.7 Å². The zero-order valence-corrected chi connectivity index (χ0v) is 17.4. The fraction of sp³-hybridized carbons (Fsp3) is 0.286. The Morgan fingerprint density at radius 1 is 1.03 bits per heavy atom. The minimum absolute atomic E-state index is 0.165. The summed E-state index contributed by atoms with van der Waals surface area (Å²) in [7, 11) is 0.